The summed E-state index contributed by atoms with van der Waals surface area (Å²) in [7, 11) is 1.21. The molecule has 1 unspecified atom stereocenters. The summed E-state index contributed by atoms with van der Waals surface area (Å²) in [4.78, 5) is 34.2. The molecular weight excluding hydrogens is 384 g/mol. The van der Waals surface area contributed by atoms with Crippen molar-refractivity contribution in [3.05, 3.63) is 78.9 Å². The first-order valence-corrected chi connectivity index (χ1v) is 9.15. The monoisotopic (exact) mass is 414 g/mol. The third-order valence-corrected chi connectivity index (χ3v) is 3.59. The van der Waals surface area contributed by atoms with Crippen LogP contribution in [-0.2, 0) is 28.6 Å². The largest absolute Gasteiger partial charge is 0.466 e. The predicted octanol–water partition coefficient (Wildman–Crippen LogP) is 4.43. The van der Waals surface area contributed by atoms with Gasteiger partial charge in [0.05, 0.1) is 7.11 Å². The number of carbonyl (C=O) groups is 3. The standard InChI is InChI=1S/C15H20O6.C9H10/c1-9(2)13(16)20-8-12(21-14(17)10(3)4)7-11(5)15(18)19-6;1-8(2)9-6-4-3-5-7-9/h12H,1,3,5,7-8H2,2,4,6H3;3-7H,1H2,2H3. The van der Waals surface area contributed by atoms with Crippen molar-refractivity contribution >= 4 is 23.5 Å². The van der Waals surface area contributed by atoms with Crippen molar-refractivity contribution in [2.75, 3.05) is 13.7 Å². The summed E-state index contributed by atoms with van der Waals surface area (Å²) >= 11 is 0. The first kappa shape index (κ1) is 26.6. The third-order valence-electron chi connectivity index (χ3n) is 3.59. The number of carbonyl (C=O) groups excluding carboxylic acids is 3. The Morgan fingerprint density at radius 2 is 1.40 bits per heavy atom. The lowest BCUT2D eigenvalue weighted by atomic mass is 10.1. The molecule has 0 aliphatic rings. The lowest BCUT2D eigenvalue weighted by Gasteiger charge is -2.18. The van der Waals surface area contributed by atoms with Crippen molar-refractivity contribution in [3.8, 4) is 0 Å². The van der Waals surface area contributed by atoms with Crippen LogP contribution in [0.1, 0.15) is 32.8 Å². The Kier molecular flexibility index (Phi) is 12.2. The zero-order chi connectivity index (χ0) is 23.3. The maximum absolute atomic E-state index is 11.5. The topological polar surface area (TPSA) is 78.9 Å². The number of ether oxygens (including phenoxy) is 3. The number of allylic oxidation sites excluding steroid dienone is 1. The van der Waals surface area contributed by atoms with E-state index >= 15 is 0 Å². The fraction of sp³-hybridized carbons (Fsp3) is 0.292. The molecule has 30 heavy (non-hydrogen) atoms. The Morgan fingerprint density at radius 1 is 0.867 bits per heavy atom. The van der Waals surface area contributed by atoms with Crippen molar-refractivity contribution < 1.29 is 28.6 Å². The quantitative estimate of drug-likeness (QED) is 0.338. The minimum absolute atomic E-state index is 0.0187. The van der Waals surface area contributed by atoms with Gasteiger partial charge in [-0.05, 0) is 26.3 Å². The van der Waals surface area contributed by atoms with Crippen LogP contribution < -0.4 is 0 Å². The predicted molar refractivity (Wildman–Crippen MR) is 117 cm³/mol. The maximum atomic E-state index is 11.5. The Bertz CT molecular complexity index is 804. The van der Waals surface area contributed by atoms with Gasteiger partial charge in [-0.15, -0.1) is 0 Å². The molecule has 162 valence electrons. The van der Waals surface area contributed by atoms with E-state index in [4.69, 9.17) is 9.47 Å². The lowest BCUT2D eigenvalue weighted by Crippen LogP contribution is -2.27. The van der Waals surface area contributed by atoms with Gasteiger partial charge in [-0.2, -0.15) is 0 Å². The molecule has 0 aromatic heterocycles. The molecule has 0 bridgehead atoms. The number of rotatable bonds is 9. The van der Waals surface area contributed by atoms with E-state index in [9.17, 15) is 14.4 Å². The van der Waals surface area contributed by atoms with Crippen molar-refractivity contribution in [2.45, 2.75) is 33.3 Å². The summed E-state index contributed by atoms with van der Waals surface area (Å²) in [6.45, 7) is 19.0. The summed E-state index contributed by atoms with van der Waals surface area (Å²) in [6.07, 6.45) is -0.876. The van der Waals surface area contributed by atoms with Crippen molar-refractivity contribution in [3.63, 3.8) is 0 Å². The maximum Gasteiger partial charge on any atom is 0.333 e. The highest BCUT2D eigenvalue weighted by Gasteiger charge is 2.21. The van der Waals surface area contributed by atoms with Crippen LogP contribution in [0.3, 0.4) is 0 Å². The Hall–Kier alpha value is -3.41. The number of hydrogen-bond acceptors (Lipinski definition) is 6. The third kappa shape index (κ3) is 10.8. The van der Waals surface area contributed by atoms with Gasteiger partial charge in [0.25, 0.3) is 0 Å². The highest BCUT2D eigenvalue weighted by atomic mass is 16.6. The van der Waals surface area contributed by atoms with Gasteiger partial charge < -0.3 is 14.2 Å². The van der Waals surface area contributed by atoms with Crippen LogP contribution in [0.25, 0.3) is 5.57 Å². The van der Waals surface area contributed by atoms with E-state index in [0.717, 1.165) is 5.57 Å². The molecule has 0 heterocycles. The molecule has 1 aromatic carbocycles. The van der Waals surface area contributed by atoms with Crippen LogP contribution in [0.15, 0.2) is 73.4 Å². The van der Waals surface area contributed by atoms with Gasteiger partial charge in [-0.1, -0.05) is 62.2 Å². The van der Waals surface area contributed by atoms with Crippen LogP contribution >= 0.6 is 0 Å². The second-order valence-electron chi connectivity index (χ2n) is 6.63. The summed E-state index contributed by atoms with van der Waals surface area (Å²) in [5.41, 5.74) is 2.85. The molecule has 0 N–H and O–H groups in total. The molecule has 0 saturated heterocycles. The fourth-order valence-electron chi connectivity index (χ4n) is 1.90. The van der Waals surface area contributed by atoms with Crippen LogP contribution in [0.5, 0.6) is 0 Å². The Labute approximate surface area is 178 Å². The van der Waals surface area contributed by atoms with E-state index in [0.29, 0.717) is 0 Å². The molecule has 0 amide bonds. The average molecular weight is 414 g/mol. The number of methoxy groups -OCH3 is 1. The summed E-state index contributed by atoms with van der Waals surface area (Å²) in [5, 5.41) is 0. The van der Waals surface area contributed by atoms with E-state index in [-0.39, 0.29) is 29.7 Å². The second-order valence-corrected chi connectivity index (χ2v) is 6.63. The van der Waals surface area contributed by atoms with Gasteiger partial charge in [0.1, 0.15) is 12.7 Å². The first-order chi connectivity index (χ1) is 14.0. The zero-order valence-electron chi connectivity index (χ0n) is 18.2. The molecular formula is C24H30O6. The fourth-order valence-corrected chi connectivity index (χ4v) is 1.90. The number of benzene rings is 1. The molecule has 0 aliphatic carbocycles. The summed E-state index contributed by atoms with van der Waals surface area (Å²) in [6, 6.07) is 10.2. The van der Waals surface area contributed by atoms with E-state index in [2.05, 4.69) is 43.2 Å². The summed E-state index contributed by atoms with van der Waals surface area (Å²) in [5.74, 6) is -1.89. The lowest BCUT2D eigenvalue weighted by molar-refractivity contribution is -0.154. The molecule has 0 aliphatic heterocycles. The van der Waals surface area contributed by atoms with Gasteiger partial charge in [0.2, 0.25) is 0 Å². The smallest absolute Gasteiger partial charge is 0.333 e. The van der Waals surface area contributed by atoms with Gasteiger partial charge >= 0.3 is 17.9 Å². The van der Waals surface area contributed by atoms with Crippen LogP contribution in [0, 0.1) is 0 Å². The van der Waals surface area contributed by atoms with E-state index < -0.39 is 24.0 Å². The number of hydrogen-bond donors (Lipinski definition) is 0. The van der Waals surface area contributed by atoms with Gasteiger partial charge in [-0.3, -0.25) is 0 Å². The van der Waals surface area contributed by atoms with Crippen molar-refractivity contribution in [1.29, 1.82) is 0 Å². The highest BCUT2D eigenvalue weighted by molar-refractivity contribution is 5.89. The Morgan fingerprint density at radius 3 is 1.80 bits per heavy atom. The molecule has 6 heteroatoms. The van der Waals surface area contributed by atoms with Crippen LogP contribution in [0.4, 0.5) is 0 Å². The van der Waals surface area contributed by atoms with Crippen LogP contribution in [0.2, 0.25) is 0 Å². The molecule has 0 radical (unpaired) electrons. The van der Waals surface area contributed by atoms with E-state index in [1.165, 1.54) is 26.5 Å². The minimum atomic E-state index is -0.857. The molecule has 0 spiro atoms. The van der Waals surface area contributed by atoms with E-state index in [1.54, 1.807) is 0 Å². The molecule has 1 atom stereocenters. The Balaban J connectivity index is 0.000000769. The molecule has 6 nitrogen and oxygen atoms in total. The van der Waals surface area contributed by atoms with Crippen molar-refractivity contribution in [2.24, 2.45) is 0 Å². The SMILES string of the molecule is C=C(C)C(=O)OCC(CC(=C)C(=O)OC)OC(=O)C(=C)C.C=C(C)c1ccccc1. The summed E-state index contributed by atoms with van der Waals surface area (Å²) < 4.78 is 14.5. The van der Waals surface area contributed by atoms with Gasteiger partial charge in [0, 0.05) is 23.1 Å². The zero-order valence-corrected chi connectivity index (χ0v) is 18.2. The van der Waals surface area contributed by atoms with Gasteiger partial charge in [-0.25, -0.2) is 14.4 Å². The molecule has 1 aromatic rings. The minimum Gasteiger partial charge on any atom is -0.466 e. The van der Waals surface area contributed by atoms with E-state index in [1.807, 2.05) is 25.1 Å². The number of esters is 3. The van der Waals surface area contributed by atoms with Crippen molar-refractivity contribution in [1.82, 2.24) is 0 Å². The highest BCUT2D eigenvalue weighted by Crippen LogP contribution is 2.12. The molecule has 1 rings (SSSR count). The molecule has 0 fully saturated rings. The van der Waals surface area contributed by atoms with Crippen LogP contribution in [-0.4, -0.2) is 37.7 Å². The normalized spacial score (nSPS) is 10.4. The second kappa shape index (κ2) is 13.7. The first-order valence-electron chi connectivity index (χ1n) is 9.15. The molecule has 0 saturated carbocycles. The van der Waals surface area contributed by atoms with Gasteiger partial charge in [0.15, 0.2) is 0 Å². The average Bonchev–Trinajstić information content (AvgIpc) is 2.71.